The van der Waals surface area contributed by atoms with Crippen LogP contribution in [0.3, 0.4) is 0 Å². The van der Waals surface area contributed by atoms with Crippen molar-refractivity contribution in [3.63, 3.8) is 0 Å². The molecule has 8 heteroatoms. The number of thioether (sulfide) groups is 1. The van der Waals surface area contributed by atoms with E-state index in [9.17, 15) is 4.79 Å². The fourth-order valence-electron chi connectivity index (χ4n) is 2.42. The number of rotatable bonds is 3. The molecule has 1 fully saturated rings. The SMILES string of the molecule is O=C(Nc1nc(-c2ccc3c(c2)OCCO3)cs1)C1CSCN1. The van der Waals surface area contributed by atoms with E-state index in [0.717, 1.165) is 34.4 Å². The highest BCUT2D eigenvalue weighted by Gasteiger charge is 2.23. The Balaban J connectivity index is 1.50. The number of ether oxygens (including phenoxy) is 2. The molecule has 1 aromatic carbocycles. The van der Waals surface area contributed by atoms with Gasteiger partial charge in [0.05, 0.1) is 11.7 Å². The van der Waals surface area contributed by atoms with E-state index in [2.05, 4.69) is 15.6 Å². The second-order valence-electron chi connectivity index (χ2n) is 5.16. The maximum atomic E-state index is 12.1. The minimum absolute atomic E-state index is 0.0296. The number of amides is 1. The number of carbonyl (C=O) groups is 1. The highest BCUT2D eigenvalue weighted by molar-refractivity contribution is 7.99. The average Bonchev–Trinajstić information content (AvgIpc) is 3.26. The number of anilines is 1. The van der Waals surface area contributed by atoms with Crippen LogP contribution in [0, 0.1) is 0 Å². The molecule has 23 heavy (non-hydrogen) atoms. The van der Waals surface area contributed by atoms with Crippen LogP contribution in [0.4, 0.5) is 5.13 Å². The first-order valence-corrected chi connectivity index (χ1v) is 9.30. The van der Waals surface area contributed by atoms with E-state index in [1.165, 1.54) is 11.3 Å². The number of nitrogens with one attached hydrogen (secondary N) is 2. The van der Waals surface area contributed by atoms with Gasteiger partial charge < -0.3 is 14.8 Å². The predicted molar refractivity (Wildman–Crippen MR) is 91.4 cm³/mol. The van der Waals surface area contributed by atoms with Gasteiger partial charge in [-0.1, -0.05) is 0 Å². The summed E-state index contributed by atoms with van der Waals surface area (Å²) < 4.78 is 11.1. The maximum absolute atomic E-state index is 12.1. The Bertz CT molecular complexity index is 729. The number of hydrogen-bond donors (Lipinski definition) is 2. The maximum Gasteiger partial charge on any atom is 0.244 e. The summed E-state index contributed by atoms with van der Waals surface area (Å²) in [5, 5.41) is 8.56. The molecule has 0 bridgehead atoms. The minimum Gasteiger partial charge on any atom is -0.486 e. The fourth-order valence-corrected chi connectivity index (χ4v) is 4.09. The molecule has 0 spiro atoms. The van der Waals surface area contributed by atoms with Gasteiger partial charge in [0.25, 0.3) is 0 Å². The Morgan fingerprint density at radius 1 is 1.30 bits per heavy atom. The van der Waals surface area contributed by atoms with Gasteiger partial charge in [0.15, 0.2) is 16.6 Å². The Morgan fingerprint density at radius 3 is 3.00 bits per heavy atom. The third-order valence-corrected chi connectivity index (χ3v) is 5.30. The summed E-state index contributed by atoms with van der Waals surface area (Å²) in [5.74, 6) is 3.08. The lowest BCUT2D eigenvalue weighted by Gasteiger charge is -2.18. The van der Waals surface area contributed by atoms with Crippen molar-refractivity contribution in [2.75, 3.05) is 30.2 Å². The third kappa shape index (κ3) is 3.15. The van der Waals surface area contributed by atoms with E-state index in [4.69, 9.17) is 9.47 Å². The molecule has 2 N–H and O–H groups in total. The molecule has 1 atom stereocenters. The zero-order valence-electron chi connectivity index (χ0n) is 12.2. The van der Waals surface area contributed by atoms with Crippen LogP contribution in [-0.2, 0) is 4.79 Å². The second-order valence-corrected chi connectivity index (χ2v) is 7.05. The van der Waals surface area contributed by atoms with Crippen LogP contribution in [0.2, 0.25) is 0 Å². The molecule has 1 unspecified atom stereocenters. The molecule has 6 nitrogen and oxygen atoms in total. The van der Waals surface area contributed by atoms with Crippen LogP contribution in [0.5, 0.6) is 11.5 Å². The molecule has 2 aliphatic heterocycles. The summed E-state index contributed by atoms with van der Waals surface area (Å²) in [4.78, 5) is 16.6. The Labute approximate surface area is 141 Å². The number of fused-ring (bicyclic) bond motifs is 1. The summed E-state index contributed by atoms with van der Waals surface area (Å²) in [6.45, 7) is 1.13. The highest BCUT2D eigenvalue weighted by Crippen LogP contribution is 2.35. The van der Waals surface area contributed by atoms with Crippen molar-refractivity contribution in [1.82, 2.24) is 10.3 Å². The summed E-state index contributed by atoms with van der Waals surface area (Å²) >= 11 is 3.14. The molecule has 120 valence electrons. The van der Waals surface area contributed by atoms with Crippen LogP contribution in [0.15, 0.2) is 23.6 Å². The number of hydrogen-bond acceptors (Lipinski definition) is 7. The lowest BCUT2D eigenvalue weighted by atomic mass is 10.1. The van der Waals surface area contributed by atoms with Crippen molar-refractivity contribution in [1.29, 1.82) is 0 Å². The van der Waals surface area contributed by atoms with E-state index in [1.54, 1.807) is 11.8 Å². The fraction of sp³-hybridized carbons (Fsp3) is 0.333. The first kappa shape index (κ1) is 14.8. The van der Waals surface area contributed by atoms with E-state index in [-0.39, 0.29) is 11.9 Å². The number of aromatic nitrogens is 1. The number of carbonyl (C=O) groups excluding carboxylic acids is 1. The predicted octanol–water partition coefficient (Wildman–Crippen LogP) is 2.18. The summed E-state index contributed by atoms with van der Waals surface area (Å²) in [5.41, 5.74) is 1.76. The normalized spacial score (nSPS) is 19.6. The summed E-state index contributed by atoms with van der Waals surface area (Å²) in [6.07, 6.45) is 0. The van der Waals surface area contributed by atoms with Gasteiger partial charge >= 0.3 is 0 Å². The van der Waals surface area contributed by atoms with Crippen molar-refractivity contribution >= 4 is 34.1 Å². The minimum atomic E-state index is -0.137. The first-order chi connectivity index (χ1) is 11.3. The lowest BCUT2D eigenvalue weighted by molar-refractivity contribution is -0.117. The van der Waals surface area contributed by atoms with Gasteiger partial charge in [-0.3, -0.25) is 10.1 Å². The van der Waals surface area contributed by atoms with Gasteiger partial charge in [-0.15, -0.1) is 23.1 Å². The molecule has 1 amide bonds. The van der Waals surface area contributed by atoms with E-state index in [1.807, 2.05) is 23.6 Å². The monoisotopic (exact) mass is 349 g/mol. The Kier molecular flexibility index (Phi) is 4.11. The van der Waals surface area contributed by atoms with Gasteiger partial charge in [0.2, 0.25) is 5.91 Å². The molecule has 4 rings (SSSR count). The molecular formula is C15H15N3O3S2. The van der Waals surface area contributed by atoms with Crippen molar-refractivity contribution in [2.45, 2.75) is 6.04 Å². The molecular weight excluding hydrogens is 334 g/mol. The number of thiazole rings is 1. The smallest absolute Gasteiger partial charge is 0.244 e. The Hall–Kier alpha value is -1.77. The Morgan fingerprint density at radius 2 is 2.17 bits per heavy atom. The van der Waals surface area contributed by atoms with Crippen molar-refractivity contribution in [2.24, 2.45) is 0 Å². The van der Waals surface area contributed by atoms with E-state index < -0.39 is 0 Å². The highest BCUT2D eigenvalue weighted by atomic mass is 32.2. The van der Waals surface area contributed by atoms with Crippen LogP contribution in [0.1, 0.15) is 0 Å². The molecule has 2 aliphatic rings. The van der Waals surface area contributed by atoms with Crippen LogP contribution in [-0.4, -0.2) is 41.8 Å². The number of benzene rings is 1. The zero-order chi connectivity index (χ0) is 15.6. The molecule has 0 aliphatic carbocycles. The molecule has 2 aromatic rings. The van der Waals surface area contributed by atoms with Crippen molar-refractivity contribution in [3.05, 3.63) is 23.6 Å². The van der Waals surface area contributed by atoms with Crippen molar-refractivity contribution in [3.8, 4) is 22.8 Å². The zero-order valence-corrected chi connectivity index (χ0v) is 13.8. The lowest BCUT2D eigenvalue weighted by Crippen LogP contribution is -2.37. The quantitative estimate of drug-likeness (QED) is 0.885. The van der Waals surface area contributed by atoms with Gasteiger partial charge in [-0.05, 0) is 18.2 Å². The number of nitrogens with zero attached hydrogens (tertiary/aromatic N) is 1. The van der Waals surface area contributed by atoms with Gasteiger partial charge in [-0.25, -0.2) is 4.98 Å². The molecule has 0 radical (unpaired) electrons. The molecule has 0 saturated carbocycles. The van der Waals surface area contributed by atoms with E-state index >= 15 is 0 Å². The molecule has 1 saturated heterocycles. The van der Waals surface area contributed by atoms with Gasteiger partial charge in [-0.2, -0.15) is 0 Å². The largest absolute Gasteiger partial charge is 0.486 e. The molecule has 1 aromatic heterocycles. The van der Waals surface area contributed by atoms with Crippen LogP contribution < -0.4 is 20.1 Å². The topological polar surface area (TPSA) is 72.5 Å². The first-order valence-electron chi connectivity index (χ1n) is 7.27. The van der Waals surface area contributed by atoms with Crippen LogP contribution in [0.25, 0.3) is 11.3 Å². The molecule has 3 heterocycles. The van der Waals surface area contributed by atoms with E-state index in [0.29, 0.717) is 18.3 Å². The average molecular weight is 349 g/mol. The summed E-state index contributed by atoms with van der Waals surface area (Å²) in [7, 11) is 0. The van der Waals surface area contributed by atoms with Gasteiger partial charge in [0.1, 0.15) is 13.2 Å². The third-order valence-electron chi connectivity index (χ3n) is 3.61. The van der Waals surface area contributed by atoms with Crippen molar-refractivity contribution < 1.29 is 14.3 Å². The standard InChI is InChI=1S/C15H15N3O3S2/c19-14(11-6-22-8-16-11)18-15-17-10(7-23-15)9-1-2-12-13(5-9)21-4-3-20-12/h1-2,5,7,11,16H,3-4,6,8H2,(H,17,18,19). The van der Waals surface area contributed by atoms with Gasteiger partial charge in [0, 0.05) is 22.6 Å². The second kappa shape index (κ2) is 6.38. The summed E-state index contributed by atoms with van der Waals surface area (Å²) in [6, 6.07) is 5.62. The van der Waals surface area contributed by atoms with Crippen LogP contribution >= 0.6 is 23.1 Å².